The first-order chi connectivity index (χ1) is 13.6. The molecule has 0 unspecified atom stereocenters. The van der Waals surface area contributed by atoms with Crippen molar-refractivity contribution in [2.45, 2.75) is 39.0 Å². The van der Waals surface area contributed by atoms with Gasteiger partial charge in [-0.15, -0.1) is 0 Å². The minimum absolute atomic E-state index is 0.0142. The molecular weight excluding hydrogens is 407 g/mol. The van der Waals surface area contributed by atoms with E-state index in [4.69, 9.17) is 0 Å². The maximum atomic E-state index is 12.8. The molecule has 0 atom stereocenters. The van der Waals surface area contributed by atoms with Gasteiger partial charge in [-0.25, -0.2) is 14.6 Å². The van der Waals surface area contributed by atoms with Gasteiger partial charge in [0.15, 0.2) is 5.13 Å². The Labute approximate surface area is 169 Å². The third kappa shape index (κ3) is 5.37. The van der Waals surface area contributed by atoms with E-state index in [0.717, 1.165) is 22.7 Å². The van der Waals surface area contributed by atoms with Crippen molar-refractivity contribution in [3.8, 4) is 0 Å². The van der Waals surface area contributed by atoms with E-state index < -0.39 is 17.8 Å². The number of urea groups is 2. The molecule has 0 saturated carbocycles. The number of nitrogens with one attached hydrogen (secondary N) is 3. The lowest BCUT2D eigenvalue weighted by molar-refractivity contribution is -0.137. The zero-order chi connectivity index (χ0) is 21.2. The van der Waals surface area contributed by atoms with Gasteiger partial charge in [-0.1, -0.05) is 17.4 Å². The lowest BCUT2D eigenvalue weighted by atomic mass is 10.2. The minimum atomic E-state index is -4.48. The molecule has 0 aliphatic carbocycles. The van der Waals surface area contributed by atoms with Crippen LogP contribution < -0.4 is 16.0 Å². The number of thiazole rings is 1. The van der Waals surface area contributed by atoms with Crippen LogP contribution in [0.4, 0.5) is 33.6 Å². The molecule has 2 heterocycles. The van der Waals surface area contributed by atoms with Crippen LogP contribution in [0.2, 0.25) is 0 Å². The topological polar surface area (TPSA) is 86.4 Å². The van der Waals surface area contributed by atoms with Crippen LogP contribution in [-0.4, -0.2) is 34.5 Å². The van der Waals surface area contributed by atoms with Crippen LogP contribution >= 0.6 is 11.3 Å². The first kappa shape index (κ1) is 20.9. The predicted octanol–water partition coefficient (Wildman–Crippen LogP) is 4.28. The Morgan fingerprint density at radius 2 is 2.00 bits per heavy atom. The summed E-state index contributed by atoms with van der Waals surface area (Å²) in [5.41, 5.74) is 0.0553. The zero-order valence-electron chi connectivity index (χ0n) is 15.8. The summed E-state index contributed by atoms with van der Waals surface area (Å²) in [4.78, 5) is 31.0. The fraction of sp³-hybridized carbons (Fsp3) is 0.389. The van der Waals surface area contributed by atoms with Crippen molar-refractivity contribution in [2.24, 2.45) is 0 Å². The summed E-state index contributed by atoms with van der Waals surface area (Å²) in [6.45, 7) is 4.32. The summed E-state index contributed by atoms with van der Waals surface area (Å²) in [6.07, 6.45) is -3.98. The van der Waals surface area contributed by atoms with E-state index in [1.165, 1.54) is 28.4 Å². The maximum absolute atomic E-state index is 12.8. The second-order valence-electron chi connectivity index (χ2n) is 6.82. The van der Waals surface area contributed by atoms with Gasteiger partial charge in [-0.2, -0.15) is 13.2 Å². The van der Waals surface area contributed by atoms with Crippen molar-refractivity contribution in [1.29, 1.82) is 0 Å². The third-order valence-corrected chi connectivity index (χ3v) is 5.10. The van der Waals surface area contributed by atoms with Crippen molar-refractivity contribution in [3.05, 3.63) is 40.4 Å². The molecule has 7 nitrogen and oxygen atoms in total. The van der Waals surface area contributed by atoms with Crippen molar-refractivity contribution in [1.82, 2.24) is 15.2 Å². The van der Waals surface area contributed by atoms with E-state index in [2.05, 4.69) is 20.9 Å². The highest BCUT2D eigenvalue weighted by atomic mass is 32.1. The molecule has 1 aliphatic heterocycles. The predicted molar refractivity (Wildman–Crippen MR) is 104 cm³/mol. The molecule has 4 amide bonds. The van der Waals surface area contributed by atoms with Crippen LogP contribution in [0.25, 0.3) is 0 Å². The minimum Gasteiger partial charge on any atom is -0.336 e. The standard InChI is InChI=1S/C18H20F3N5O2S/c1-10(2)22-15(27)25-16-24-13-6-7-26(9-14(13)29-16)17(28)23-12-5-3-4-11(8-12)18(19,20)21/h3-5,8,10H,6-7,9H2,1-2H3,(H,23,28)(H2,22,24,25,27). The molecule has 0 radical (unpaired) electrons. The maximum Gasteiger partial charge on any atom is 0.416 e. The Balaban J connectivity index is 1.63. The van der Waals surface area contributed by atoms with Gasteiger partial charge in [-0.05, 0) is 32.0 Å². The molecule has 156 valence electrons. The van der Waals surface area contributed by atoms with Crippen LogP contribution in [0, 0.1) is 0 Å². The highest BCUT2D eigenvalue weighted by Gasteiger charge is 2.31. The number of alkyl halides is 3. The van der Waals surface area contributed by atoms with Crippen LogP contribution in [0.3, 0.4) is 0 Å². The fourth-order valence-electron chi connectivity index (χ4n) is 2.79. The van der Waals surface area contributed by atoms with E-state index >= 15 is 0 Å². The van der Waals surface area contributed by atoms with Crippen molar-refractivity contribution >= 4 is 34.2 Å². The van der Waals surface area contributed by atoms with Crippen molar-refractivity contribution < 1.29 is 22.8 Å². The highest BCUT2D eigenvalue weighted by molar-refractivity contribution is 7.15. The van der Waals surface area contributed by atoms with Gasteiger partial charge in [-0.3, -0.25) is 5.32 Å². The number of aromatic nitrogens is 1. The van der Waals surface area contributed by atoms with E-state index in [9.17, 15) is 22.8 Å². The number of fused-ring (bicyclic) bond motifs is 1. The van der Waals surface area contributed by atoms with Crippen LogP contribution in [0.15, 0.2) is 24.3 Å². The van der Waals surface area contributed by atoms with Crippen LogP contribution in [-0.2, 0) is 19.1 Å². The number of hydrogen-bond acceptors (Lipinski definition) is 4. The Hall–Kier alpha value is -2.82. The van der Waals surface area contributed by atoms with Crippen LogP contribution in [0.1, 0.15) is 30.0 Å². The number of carbonyl (C=O) groups is 2. The number of hydrogen-bond donors (Lipinski definition) is 3. The molecule has 2 aromatic rings. The molecule has 1 aromatic heterocycles. The number of carbonyl (C=O) groups excluding carboxylic acids is 2. The lowest BCUT2D eigenvalue weighted by Gasteiger charge is -2.26. The fourth-order valence-corrected chi connectivity index (χ4v) is 3.81. The largest absolute Gasteiger partial charge is 0.416 e. The highest BCUT2D eigenvalue weighted by Crippen LogP contribution is 2.31. The molecule has 0 saturated heterocycles. The van der Waals surface area contributed by atoms with Gasteiger partial charge in [0.05, 0.1) is 17.8 Å². The molecule has 3 N–H and O–H groups in total. The molecule has 11 heteroatoms. The summed E-state index contributed by atoms with van der Waals surface area (Å²) >= 11 is 1.27. The van der Waals surface area contributed by atoms with E-state index in [0.29, 0.717) is 18.1 Å². The Morgan fingerprint density at radius 3 is 2.69 bits per heavy atom. The van der Waals surface area contributed by atoms with Gasteiger partial charge in [0.25, 0.3) is 0 Å². The smallest absolute Gasteiger partial charge is 0.336 e. The average molecular weight is 427 g/mol. The number of nitrogens with zero attached hydrogens (tertiary/aromatic N) is 2. The number of amides is 4. The molecule has 0 bridgehead atoms. The Morgan fingerprint density at radius 1 is 1.24 bits per heavy atom. The first-order valence-corrected chi connectivity index (χ1v) is 9.73. The monoisotopic (exact) mass is 427 g/mol. The number of benzene rings is 1. The van der Waals surface area contributed by atoms with Crippen LogP contribution in [0.5, 0.6) is 0 Å². The molecule has 1 aromatic carbocycles. The van der Waals surface area contributed by atoms with Gasteiger partial charge in [0, 0.05) is 29.6 Å². The number of rotatable bonds is 3. The Kier molecular flexibility index (Phi) is 5.96. The summed E-state index contributed by atoms with van der Waals surface area (Å²) in [5, 5.41) is 8.31. The lowest BCUT2D eigenvalue weighted by Crippen LogP contribution is -2.38. The summed E-state index contributed by atoms with van der Waals surface area (Å²) in [7, 11) is 0. The van der Waals surface area contributed by atoms with Gasteiger partial charge in [0.2, 0.25) is 0 Å². The molecular formula is C18H20F3N5O2S. The molecule has 3 rings (SSSR count). The summed E-state index contributed by atoms with van der Waals surface area (Å²) in [5.74, 6) is 0. The number of anilines is 2. The van der Waals surface area contributed by atoms with Crippen molar-refractivity contribution in [2.75, 3.05) is 17.2 Å². The Bertz CT molecular complexity index is 913. The second-order valence-corrected chi connectivity index (χ2v) is 7.91. The van der Waals surface area contributed by atoms with E-state index in [1.807, 2.05) is 13.8 Å². The van der Waals surface area contributed by atoms with Gasteiger partial charge in [0.1, 0.15) is 0 Å². The molecule has 0 spiro atoms. The molecule has 29 heavy (non-hydrogen) atoms. The second kappa shape index (κ2) is 8.27. The average Bonchev–Trinajstić information content (AvgIpc) is 3.01. The molecule has 0 fully saturated rings. The number of halogens is 3. The van der Waals surface area contributed by atoms with Gasteiger partial charge >= 0.3 is 18.2 Å². The van der Waals surface area contributed by atoms with E-state index in [1.54, 1.807) is 0 Å². The first-order valence-electron chi connectivity index (χ1n) is 8.91. The quantitative estimate of drug-likeness (QED) is 0.683. The SMILES string of the molecule is CC(C)NC(=O)Nc1nc2c(s1)CN(C(=O)Nc1cccc(C(F)(F)F)c1)CC2. The summed E-state index contributed by atoms with van der Waals surface area (Å²) < 4.78 is 38.5. The van der Waals surface area contributed by atoms with Gasteiger partial charge < -0.3 is 15.5 Å². The zero-order valence-corrected chi connectivity index (χ0v) is 16.6. The normalized spacial score (nSPS) is 13.8. The molecule has 1 aliphatic rings. The van der Waals surface area contributed by atoms with Crippen molar-refractivity contribution in [3.63, 3.8) is 0 Å². The third-order valence-electron chi connectivity index (χ3n) is 4.10. The van der Waals surface area contributed by atoms with E-state index in [-0.39, 0.29) is 24.3 Å². The summed E-state index contributed by atoms with van der Waals surface area (Å²) in [6, 6.07) is 3.64.